The molecule has 0 bridgehead atoms. The van der Waals surface area contributed by atoms with Crippen molar-refractivity contribution in [3.63, 3.8) is 0 Å². The quantitative estimate of drug-likeness (QED) is 0.304. The number of carboxylic acid groups (broad SMARTS) is 3. The number of hydrogen-bond donors (Lipinski definition) is 4. The van der Waals surface area contributed by atoms with Gasteiger partial charge in [-0.1, -0.05) is 13.8 Å². The second kappa shape index (κ2) is 10.7. The summed E-state index contributed by atoms with van der Waals surface area (Å²) in [6.07, 6.45) is -2.71. The van der Waals surface area contributed by atoms with Crippen molar-refractivity contribution >= 4 is 29.8 Å². The van der Waals surface area contributed by atoms with E-state index in [1.807, 2.05) is 0 Å². The predicted octanol–water partition coefficient (Wildman–Crippen LogP) is 0.526. The fourth-order valence-corrected chi connectivity index (χ4v) is 3.78. The van der Waals surface area contributed by atoms with Crippen molar-refractivity contribution in [1.29, 1.82) is 0 Å². The Bertz CT molecular complexity index is 616. The van der Waals surface area contributed by atoms with Crippen LogP contribution in [0, 0.1) is 17.3 Å². The molecule has 0 aromatic heterocycles. The maximum Gasteiger partial charge on any atom is 0.337 e. The van der Waals surface area contributed by atoms with Crippen molar-refractivity contribution in [2.45, 2.75) is 52.6 Å². The molecular formula is C18H28O11. The second-order valence-electron chi connectivity index (χ2n) is 6.73. The summed E-state index contributed by atoms with van der Waals surface area (Å²) in [7, 11) is 0. The number of carboxylic acids is 3. The van der Waals surface area contributed by atoms with Crippen LogP contribution in [0.5, 0.6) is 0 Å². The number of esters is 2. The van der Waals surface area contributed by atoms with Crippen LogP contribution in [0.3, 0.4) is 0 Å². The molecule has 11 nitrogen and oxygen atoms in total. The molecule has 0 rings (SSSR count). The third-order valence-electron chi connectivity index (χ3n) is 4.91. The Balaban J connectivity index is 6.65. The number of aliphatic hydroxyl groups is 1. The van der Waals surface area contributed by atoms with E-state index in [2.05, 4.69) is 0 Å². The number of ether oxygens (including phenoxy) is 2. The molecule has 0 heterocycles. The van der Waals surface area contributed by atoms with Crippen molar-refractivity contribution in [2.24, 2.45) is 17.3 Å². The van der Waals surface area contributed by atoms with Gasteiger partial charge in [0.05, 0.1) is 19.6 Å². The van der Waals surface area contributed by atoms with Crippen LogP contribution in [0.25, 0.3) is 0 Å². The highest BCUT2D eigenvalue weighted by Gasteiger charge is 2.67. The summed E-state index contributed by atoms with van der Waals surface area (Å²) < 4.78 is 9.54. The Morgan fingerprint density at radius 2 is 1.17 bits per heavy atom. The average Bonchev–Trinajstić information content (AvgIpc) is 2.54. The van der Waals surface area contributed by atoms with Gasteiger partial charge in [-0.3, -0.25) is 19.2 Å². The molecule has 0 aromatic carbocycles. The Morgan fingerprint density at radius 3 is 1.41 bits per heavy atom. The minimum Gasteiger partial charge on any atom is -0.481 e. The topological polar surface area (TPSA) is 185 Å². The molecule has 0 aliphatic heterocycles. The summed E-state index contributed by atoms with van der Waals surface area (Å²) >= 11 is 0. The van der Waals surface area contributed by atoms with Gasteiger partial charge in [0.15, 0.2) is 5.60 Å². The Kier molecular flexibility index (Phi) is 9.75. The molecule has 11 heteroatoms. The number of carbonyl (C=O) groups excluding carboxylic acids is 2. The Hall–Kier alpha value is -2.69. The normalized spacial score (nSPS) is 17.1. The largest absolute Gasteiger partial charge is 0.481 e. The lowest BCUT2D eigenvalue weighted by Crippen LogP contribution is -2.65. The van der Waals surface area contributed by atoms with Gasteiger partial charge in [-0.2, -0.15) is 0 Å². The van der Waals surface area contributed by atoms with Gasteiger partial charge in [-0.15, -0.1) is 0 Å². The van der Waals surface area contributed by atoms with E-state index in [9.17, 15) is 39.3 Å². The van der Waals surface area contributed by atoms with Crippen LogP contribution in [0.1, 0.15) is 47.0 Å². The smallest absolute Gasteiger partial charge is 0.337 e. The van der Waals surface area contributed by atoms with Crippen LogP contribution in [0.4, 0.5) is 0 Å². The molecule has 0 spiro atoms. The van der Waals surface area contributed by atoms with Gasteiger partial charge >= 0.3 is 29.8 Å². The molecule has 0 radical (unpaired) electrons. The lowest BCUT2D eigenvalue weighted by atomic mass is 9.55. The molecule has 166 valence electrons. The first-order valence-electron chi connectivity index (χ1n) is 9.03. The fourth-order valence-electron chi connectivity index (χ4n) is 3.78. The zero-order chi connectivity index (χ0) is 23.0. The summed E-state index contributed by atoms with van der Waals surface area (Å²) in [5, 5.41) is 39.7. The maximum absolute atomic E-state index is 12.4. The third-order valence-corrected chi connectivity index (χ3v) is 4.91. The lowest BCUT2D eigenvalue weighted by molar-refractivity contribution is -0.211. The van der Waals surface area contributed by atoms with Gasteiger partial charge in [-0.05, 0) is 25.7 Å². The van der Waals surface area contributed by atoms with Crippen LogP contribution in [-0.2, 0) is 33.4 Å². The molecule has 4 N–H and O–H groups in total. The average molecular weight is 420 g/mol. The number of aliphatic carboxylic acids is 3. The zero-order valence-corrected chi connectivity index (χ0v) is 16.8. The molecule has 0 saturated heterocycles. The molecule has 0 fully saturated rings. The van der Waals surface area contributed by atoms with E-state index in [4.69, 9.17) is 14.6 Å². The molecule has 0 aliphatic carbocycles. The Morgan fingerprint density at radius 1 is 0.793 bits per heavy atom. The molecule has 29 heavy (non-hydrogen) atoms. The van der Waals surface area contributed by atoms with Gasteiger partial charge in [0.25, 0.3) is 0 Å². The number of hydrogen-bond acceptors (Lipinski definition) is 8. The first kappa shape index (κ1) is 26.3. The van der Waals surface area contributed by atoms with E-state index in [0.29, 0.717) is 0 Å². The van der Waals surface area contributed by atoms with Crippen LogP contribution < -0.4 is 0 Å². The third kappa shape index (κ3) is 5.66. The van der Waals surface area contributed by atoms with Crippen molar-refractivity contribution in [1.82, 2.24) is 0 Å². The summed E-state index contributed by atoms with van der Waals surface area (Å²) in [5.74, 6) is -10.3. The predicted molar refractivity (Wildman–Crippen MR) is 95.7 cm³/mol. The van der Waals surface area contributed by atoms with E-state index < -0.39 is 72.0 Å². The van der Waals surface area contributed by atoms with E-state index in [1.54, 1.807) is 0 Å². The van der Waals surface area contributed by atoms with Crippen molar-refractivity contribution in [2.75, 3.05) is 13.2 Å². The molecule has 0 amide bonds. The minimum absolute atomic E-state index is 0.0255. The monoisotopic (exact) mass is 420 g/mol. The van der Waals surface area contributed by atoms with Crippen LogP contribution in [-0.4, -0.2) is 69.1 Å². The van der Waals surface area contributed by atoms with E-state index in [0.717, 1.165) is 0 Å². The van der Waals surface area contributed by atoms with Crippen molar-refractivity contribution < 1.29 is 53.9 Å². The first-order chi connectivity index (χ1) is 13.3. The van der Waals surface area contributed by atoms with Gasteiger partial charge < -0.3 is 29.9 Å². The lowest BCUT2D eigenvalue weighted by Gasteiger charge is -2.47. The van der Waals surface area contributed by atoms with Gasteiger partial charge in [-0.25, -0.2) is 4.79 Å². The van der Waals surface area contributed by atoms with Gasteiger partial charge in [0.1, 0.15) is 5.41 Å². The standard InChI is InChI=1S/C18H28O11/c1-5-28-13(21)7-10(3)18(16(25)26,11(4)8-14(22)29-6-2)17(27,15(23)24)9-12(19)20/h10-11,27H,5-9H2,1-4H3,(H,19,20)(H,23,24)(H,25,26). The summed E-state index contributed by atoms with van der Waals surface area (Å²) in [5.41, 5.74) is -6.06. The molecular weight excluding hydrogens is 392 g/mol. The highest BCUT2D eigenvalue weighted by atomic mass is 16.5. The highest BCUT2D eigenvalue weighted by molar-refractivity contribution is 5.93. The SMILES string of the molecule is CCOC(=O)CC(C)C(C(=O)O)(C(C)CC(=O)OCC)C(O)(CC(=O)O)C(=O)O. The van der Waals surface area contributed by atoms with E-state index in [-0.39, 0.29) is 13.2 Å². The van der Waals surface area contributed by atoms with E-state index >= 15 is 0 Å². The molecule has 0 aliphatic rings. The van der Waals surface area contributed by atoms with Gasteiger partial charge in [0, 0.05) is 12.8 Å². The van der Waals surface area contributed by atoms with Crippen molar-refractivity contribution in [3.05, 3.63) is 0 Å². The summed E-state index contributed by atoms with van der Waals surface area (Å²) in [4.78, 5) is 59.5. The van der Waals surface area contributed by atoms with Crippen LogP contribution in [0.15, 0.2) is 0 Å². The maximum atomic E-state index is 12.4. The molecule has 3 atom stereocenters. The summed E-state index contributed by atoms with van der Waals surface area (Å²) in [6, 6.07) is 0. The molecule has 0 saturated carbocycles. The molecule has 0 aromatic rings. The van der Waals surface area contributed by atoms with E-state index in [1.165, 1.54) is 27.7 Å². The Labute approximate surface area is 167 Å². The summed E-state index contributed by atoms with van der Waals surface area (Å²) in [6.45, 7) is 5.33. The van der Waals surface area contributed by atoms with Crippen LogP contribution >= 0.6 is 0 Å². The highest BCUT2D eigenvalue weighted by Crippen LogP contribution is 2.50. The van der Waals surface area contributed by atoms with Gasteiger partial charge in [0.2, 0.25) is 0 Å². The number of rotatable bonds is 13. The minimum atomic E-state index is -3.33. The first-order valence-corrected chi connectivity index (χ1v) is 9.03. The zero-order valence-electron chi connectivity index (χ0n) is 16.8. The fraction of sp³-hybridized carbons (Fsp3) is 0.722. The second-order valence-corrected chi connectivity index (χ2v) is 6.73. The van der Waals surface area contributed by atoms with Crippen molar-refractivity contribution in [3.8, 4) is 0 Å². The van der Waals surface area contributed by atoms with Crippen LogP contribution in [0.2, 0.25) is 0 Å². The molecule has 3 unspecified atom stereocenters. The number of carbonyl (C=O) groups is 5.